The second-order valence-corrected chi connectivity index (χ2v) is 7.57. The number of rotatable bonds is 12. The van der Waals surface area contributed by atoms with Crippen LogP contribution in [0.3, 0.4) is 0 Å². The maximum absolute atomic E-state index is 10.8. The van der Waals surface area contributed by atoms with E-state index in [0.717, 1.165) is 24.6 Å². The summed E-state index contributed by atoms with van der Waals surface area (Å²) in [5.74, 6) is 0.944. The maximum Gasteiger partial charge on any atom is 0.255 e. The number of benzene rings is 1. The molecule has 28 heavy (non-hydrogen) atoms. The summed E-state index contributed by atoms with van der Waals surface area (Å²) in [6.45, 7) is 11.0. The third kappa shape index (κ3) is 12.0. The summed E-state index contributed by atoms with van der Waals surface area (Å²) in [4.78, 5) is 15.5. The minimum atomic E-state index is -0.487. The van der Waals surface area contributed by atoms with Crippen LogP contribution in [0.4, 0.5) is 0 Å². The molecular weight excluding hydrogens is 467 g/mol. The Morgan fingerprint density at radius 3 is 2.61 bits per heavy atom. The van der Waals surface area contributed by atoms with E-state index in [-0.39, 0.29) is 36.0 Å². The summed E-state index contributed by atoms with van der Waals surface area (Å²) in [7, 11) is 0. The van der Waals surface area contributed by atoms with Crippen molar-refractivity contribution in [1.29, 1.82) is 0 Å². The molecule has 1 aromatic carbocycles. The number of halogens is 1. The molecule has 0 atom stereocenters. The SMILES string of the molecule is CCCCCC(C)(C)CNC(=NCc1cccc(OCC(N)=O)c1)NCC.I. The average Bonchev–Trinajstić information content (AvgIpc) is 2.63. The van der Waals surface area contributed by atoms with Crippen molar-refractivity contribution in [2.45, 2.75) is 59.9 Å². The van der Waals surface area contributed by atoms with E-state index < -0.39 is 5.91 Å². The smallest absolute Gasteiger partial charge is 0.255 e. The van der Waals surface area contributed by atoms with Crippen LogP contribution >= 0.6 is 24.0 Å². The van der Waals surface area contributed by atoms with Gasteiger partial charge >= 0.3 is 0 Å². The lowest BCUT2D eigenvalue weighted by molar-refractivity contribution is -0.119. The van der Waals surface area contributed by atoms with E-state index in [1.165, 1.54) is 25.7 Å². The lowest BCUT2D eigenvalue weighted by atomic mass is 9.87. The van der Waals surface area contributed by atoms with E-state index >= 15 is 0 Å². The van der Waals surface area contributed by atoms with Crippen molar-refractivity contribution in [1.82, 2.24) is 10.6 Å². The van der Waals surface area contributed by atoms with Gasteiger partial charge < -0.3 is 21.1 Å². The van der Waals surface area contributed by atoms with E-state index in [1.807, 2.05) is 18.2 Å². The van der Waals surface area contributed by atoms with Gasteiger partial charge in [0.15, 0.2) is 12.6 Å². The van der Waals surface area contributed by atoms with Gasteiger partial charge in [0.1, 0.15) is 5.75 Å². The van der Waals surface area contributed by atoms with Crippen LogP contribution in [0.25, 0.3) is 0 Å². The van der Waals surface area contributed by atoms with Crippen LogP contribution in [0.1, 0.15) is 58.9 Å². The van der Waals surface area contributed by atoms with E-state index in [2.05, 4.69) is 43.3 Å². The molecule has 6 nitrogen and oxygen atoms in total. The summed E-state index contributed by atoms with van der Waals surface area (Å²) in [6.07, 6.45) is 4.99. The summed E-state index contributed by atoms with van der Waals surface area (Å²) >= 11 is 0. The predicted octanol–water partition coefficient (Wildman–Crippen LogP) is 3.83. The third-order valence-electron chi connectivity index (χ3n) is 4.24. The predicted molar refractivity (Wildman–Crippen MR) is 127 cm³/mol. The number of nitrogens with two attached hydrogens (primary N) is 1. The Morgan fingerprint density at radius 1 is 1.21 bits per heavy atom. The van der Waals surface area contributed by atoms with Gasteiger partial charge in [-0.15, -0.1) is 24.0 Å². The standard InChI is InChI=1S/C21H36N4O2.HI/c1-5-7-8-12-21(3,4)16-25-20(23-6-2)24-14-17-10-9-11-18(13-17)27-15-19(22)26;/h9-11,13H,5-8,12,14-16H2,1-4H3,(H2,22,26)(H2,23,24,25);1H. The maximum atomic E-state index is 10.8. The van der Waals surface area contributed by atoms with Crippen LogP contribution in [0, 0.1) is 5.41 Å². The molecule has 160 valence electrons. The number of guanidine groups is 1. The third-order valence-corrected chi connectivity index (χ3v) is 4.24. The summed E-state index contributed by atoms with van der Waals surface area (Å²) in [6, 6.07) is 7.56. The van der Waals surface area contributed by atoms with Gasteiger partial charge in [-0.2, -0.15) is 0 Å². The highest BCUT2D eigenvalue weighted by Crippen LogP contribution is 2.22. The van der Waals surface area contributed by atoms with Crippen LogP contribution in [0.2, 0.25) is 0 Å². The number of nitrogens with zero attached hydrogens (tertiary/aromatic N) is 1. The summed E-state index contributed by atoms with van der Waals surface area (Å²) in [5, 5.41) is 6.75. The lowest BCUT2D eigenvalue weighted by Gasteiger charge is -2.26. The first kappa shape index (κ1) is 26.5. The Morgan fingerprint density at radius 2 is 1.96 bits per heavy atom. The molecular formula is C21H37IN4O2. The van der Waals surface area contributed by atoms with Crippen molar-refractivity contribution in [3.8, 4) is 5.75 Å². The molecule has 0 unspecified atom stereocenters. The molecule has 0 aromatic heterocycles. The normalized spacial score (nSPS) is 11.5. The van der Waals surface area contributed by atoms with Crippen molar-refractivity contribution in [2.24, 2.45) is 16.1 Å². The number of nitrogens with one attached hydrogen (secondary N) is 2. The highest BCUT2D eigenvalue weighted by atomic mass is 127. The fourth-order valence-corrected chi connectivity index (χ4v) is 2.67. The Hall–Kier alpha value is -1.51. The van der Waals surface area contributed by atoms with Crippen LogP contribution in [0.5, 0.6) is 5.75 Å². The van der Waals surface area contributed by atoms with Gasteiger partial charge in [0.05, 0.1) is 6.54 Å². The van der Waals surface area contributed by atoms with Crippen molar-refractivity contribution < 1.29 is 9.53 Å². The molecule has 4 N–H and O–H groups in total. The van der Waals surface area contributed by atoms with E-state index in [0.29, 0.717) is 12.3 Å². The number of unbranched alkanes of at least 4 members (excludes halogenated alkanes) is 2. The zero-order valence-electron chi connectivity index (χ0n) is 17.7. The highest BCUT2D eigenvalue weighted by Gasteiger charge is 2.17. The Kier molecular flexibility index (Phi) is 13.7. The topological polar surface area (TPSA) is 88.7 Å². The first-order chi connectivity index (χ1) is 12.9. The molecule has 0 aliphatic rings. The molecule has 0 saturated heterocycles. The zero-order chi connectivity index (χ0) is 20.1. The number of hydrogen-bond acceptors (Lipinski definition) is 3. The Labute approximate surface area is 187 Å². The molecule has 0 saturated carbocycles. The van der Waals surface area contributed by atoms with E-state index in [9.17, 15) is 4.79 Å². The van der Waals surface area contributed by atoms with Crippen molar-refractivity contribution >= 4 is 35.8 Å². The Bertz CT molecular complexity index is 606. The molecule has 1 aromatic rings. The van der Waals surface area contributed by atoms with Gasteiger partial charge in [0.25, 0.3) is 5.91 Å². The number of primary amides is 1. The van der Waals surface area contributed by atoms with Gasteiger partial charge in [-0.3, -0.25) is 4.79 Å². The lowest BCUT2D eigenvalue weighted by Crippen LogP contribution is -2.42. The van der Waals surface area contributed by atoms with Crippen LogP contribution < -0.4 is 21.1 Å². The van der Waals surface area contributed by atoms with Crippen molar-refractivity contribution in [2.75, 3.05) is 19.7 Å². The number of hydrogen-bond donors (Lipinski definition) is 3. The Balaban J connectivity index is 0.00000729. The largest absolute Gasteiger partial charge is 0.484 e. The summed E-state index contributed by atoms with van der Waals surface area (Å²) < 4.78 is 5.35. The zero-order valence-corrected chi connectivity index (χ0v) is 20.0. The molecule has 0 bridgehead atoms. The molecule has 7 heteroatoms. The molecule has 1 amide bonds. The first-order valence-electron chi connectivity index (χ1n) is 9.88. The molecule has 0 radical (unpaired) electrons. The molecule has 0 aliphatic heterocycles. The van der Waals surface area contributed by atoms with Gasteiger partial charge in [-0.25, -0.2) is 4.99 Å². The molecule has 0 spiro atoms. The average molecular weight is 504 g/mol. The van der Waals surface area contributed by atoms with Gasteiger partial charge in [0, 0.05) is 13.1 Å². The van der Waals surface area contributed by atoms with Crippen LogP contribution in [0.15, 0.2) is 29.3 Å². The van der Waals surface area contributed by atoms with Crippen molar-refractivity contribution in [3.63, 3.8) is 0 Å². The molecule has 0 fully saturated rings. The fourth-order valence-electron chi connectivity index (χ4n) is 2.67. The van der Waals surface area contributed by atoms with Gasteiger partial charge in [0.2, 0.25) is 0 Å². The number of aliphatic imine (C=N–C) groups is 1. The second kappa shape index (κ2) is 14.5. The van der Waals surface area contributed by atoms with E-state index in [4.69, 9.17) is 10.5 Å². The number of ether oxygens (including phenoxy) is 1. The van der Waals surface area contributed by atoms with Crippen LogP contribution in [-0.2, 0) is 11.3 Å². The fraction of sp³-hybridized carbons (Fsp3) is 0.619. The number of amides is 1. The summed E-state index contributed by atoms with van der Waals surface area (Å²) in [5.41, 5.74) is 6.35. The van der Waals surface area contributed by atoms with Gasteiger partial charge in [-0.05, 0) is 36.5 Å². The molecule has 0 heterocycles. The van der Waals surface area contributed by atoms with Crippen LogP contribution in [-0.4, -0.2) is 31.6 Å². The minimum Gasteiger partial charge on any atom is -0.484 e. The minimum absolute atomic E-state index is 0. The first-order valence-corrected chi connectivity index (χ1v) is 9.88. The highest BCUT2D eigenvalue weighted by molar-refractivity contribution is 14.0. The quantitative estimate of drug-likeness (QED) is 0.175. The second-order valence-electron chi connectivity index (χ2n) is 7.57. The number of carbonyl (C=O) groups is 1. The molecule has 0 aliphatic carbocycles. The molecule has 1 rings (SSSR count). The van der Waals surface area contributed by atoms with Crippen molar-refractivity contribution in [3.05, 3.63) is 29.8 Å². The van der Waals surface area contributed by atoms with Gasteiger partial charge in [-0.1, -0.05) is 52.2 Å². The monoisotopic (exact) mass is 504 g/mol. The van der Waals surface area contributed by atoms with E-state index in [1.54, 1.807) is 6.07 Å². The number of carbonyl (C=O) groups excluding carboxylic acids is 1.